The van der Waals surface area contributed by atoms with Gasteiger partial charge in [-0.15, -0.1) is 0 Å². The lowest BCUT2D eigenvalue weighted by molar-refractivity contribution is 0.125. The number of carbonyl (C=O) groups excluding carboxylic acids is 1. The van der Waals surface area contributed by atoms with Crippen molar-refractivity contribution >= 4 is 6.03 Å². The normalized spacial score (nSPS) is 22.3. The average molecular weight is 331 g/mol. The highest BCUT2D eigenvalue weighted by molar-refractivity contribution is 5.76. The van der Waals surface area contributed by atoms with E-state index in [2.05, 4.69) is 15.9 Å². The number of hydrogen-bond donors (Lipinski definition) is 0. The second kappa shape index (κ2) is 6.51. The molecule has 6 nitrogen and oxygen atoms in total. The van der Waals surface area contributed by atoms with Crippen molar-refractivity contribution < 1.29 is 14.3 Å². The fourth-order valence-electron chi connectivity index (χ4n) is 3.90. The summed E-state index contributed by atoms with van der Waals surface area (Å²) in [5.41, 5.74) is 1.20. The van der Waals surface area contributed by atoms with Gasteiger partial charge in [-0.1, -0.05) is 12.1 Å². The van der Waals surface area contributed by atoms with Gasteiger partial charge in [0.2, 0.25) is 0 Å². The Labute approximate surface area is 142 Å². The first-order valence-electron chi connectivity index (χ1n) is 8.84. The number of carbonyl (C=O) groups is 1. The van der Waals surface area contributed by atoms with Crippen molar-refractivity contribution in [3.8, 4) is 11.5 Å². The van der Waals surface area contributed by atoms with Gasteiger partial charge in [0.15, 0.2) is 11.5 Å². The summed E-state index contributed by atoms with van der Waals surface area (Å²) in [5, 5.41) is 0. The SMILES string of the molecule is CN1CCN(C2CCN(Cc3cccc4c3OCCO4)CC2)C1=O. The summed E-state index contributed by atoms with van der Waals surface area (Å²) in [6, 6.07) is 6.71. The van der Waals surface area contributed by atoms with E-state index in [1.807, 2.05) is 24.1 Å². The van der Waals surface area contributed by atoms with E-state index in [0.29, 0.717) is 19.3 Å². The maximum Gasteiger partial charge on any atom is 0.320 e. The largest absolute Gasteiger partial charge is 0.486 e. The van der Waals surface area contributed by atoms with Crippen molar-refractivity contribution in [2.45, 2.75) is 25.4 Å². The van der Waals surface area contributed by atoms with Crippen molar-refractivity contribution in [2.24, 2.45) is 0 Å². The summed E-state index contributed by atoms with van der Waals surface area (Å²) in [6.45, 7) is 5.89. The predicted octanol–water partition coefficient (Wildman–Crippen LogP) is 1.79. The second-order valence-electron chi connectivity index (χ2n) is 6.85. The van der Waals surface area contributed by atoms with Gasteiger partial charge in [-0.3, -0.25) is 4.90 Å². The minimum atomic E-state index is 0.191. The molecule has 0 radical (unpaired) electrons. The lowest BCUT2D eigenvalue weighted by atomic mass is 10.0. The van der Waals surface area contributed by atoms with Gasteiger partial charge in [-0.05, 0) is 18.9 Å². The molecule has 0 saturated carbocycles. The van der Waals surface area contributed by atoms with Crippen LogP contribution in [-0.4, -0.2) is 73.2 Å². The highest BCUT2D eigenvalue weighted by atomic mass is 16.6. The van der Waals surface area contributed by atoms with Crippen molar-refractivity contribution in [1.29, 1.82) is 0 Å². The van der Waals surface area contributed by atoms with Gasteiger partial charge >= 0.3 is 6.03 Å². The van der Waals surface area contributed by atoms with E-state index in [1.54, 1.807) is 0 Å². The van der Waals surface area contributed by atoms with Crippen LogP contribution < -0.4 is 9.47 Å². The van der Waals surface area contributed by atoms with Crippen molar-refractivity contribution in [1.82, 2.24) is 14.7 Å². The van der Waals surface area contributed by atoms with E-state index in [-0.39, 0.29) is 6.03 Å². The fourth-order valence-corrected chi connectivity index (χ4v) is 3.90. The Morgan fingerprint density at radius 2 is 1.88 bits per heavy atom. The maximum atomic E-state index is 12.1. The standard InChI is InChI=1S/C18H25N3O3/c1-19-9-10-21(18(19)22)15-5-7-20(8-6-15)13-14-3-2-4-16-17(14)24-12-11-23-16/h2-4,15H,5-13H2,1H3. The molecule has 0 aliphatic carbocycles. The summed E-state index contributed by atoms with van der Waals surface area (Å²) >= 11 is 0. The third-order valence-corrected chi connectivity index (χ3v) is 5.29. The summed E-state index contributed by atoms with van der Waals surface area (Å²) in [4.78, 5) is 18.5. The van der Waals surface area contributed by atoms with E-state index < -0.39 is 0 Å². The monoisotopic (exact) mass is 331 g/mol. The van der Waals surface area contributed by atoms with E-state index in [0.717, 1.165) is 57.1 Å². The van der Waals surface area contributed by atoms with Gasteiger partial charge in [0.05, 0.1) is 0 Å². The summed E-state index contributed by atoms with van der Waals surface area (Å²) in [6.07, 6.45) is 2.10. The van der Waals surface area contributed by atoms with Crippen LogP contribution in [-0.2, 0) is 6.54 Å². The molecule has 0 N–H and O–H groups in total. The number of rotatable bonds is 3. The van der Waals surface area contributed by atoms with Gasteiger partial charge < -0.3 is 19.3 Å². The predicted molar refractivity (Wildman–Crippen MR) is 90.5 cm³/mol. The van der Waals surface area contributed by atoms with E-state index in [4.69, 9.17) is 9.47 Å². The highest BCUT2D eigenvalue weighted by Crippen LogP contribution is 2.34. The van der Waals surface area contributed by atoms with Gasteiger partial charge in [0.25, 0.3) is 0 Å². The van der Waals surface area contributed by atoms with Gasteiger partial charge in [-0.2, -0.15) is 0 Å². The number of amides is 2. The number of fused-ring (bicyclic) bond motifs is 1. The van der Waals surface area contributed by atoms with Crippen molar-refractivity contribution in [3.05, 3.63) is 23.8 Å². The van der Waals surface area contributed by atoms with E-state index in [9.17, 15) is 4.79 Å². The number of piperidine rings is 1. The van der Waals surface area contributed by atoms with Gasteiger partial charge in [0, 0.05) is 51.4 Å². The Kier molecular flexibility index (Phi) is 4.22. The zero-order valence-corrected chi connectivity index (χ0v) is 14.2. The summed E-state index contributed by atoms with van der Waals surface area (Å²) in [5.74, 6) is 1.77. The number of ether oxygens (including phenoxy) is 2. The number of likely N-dealkylation sites (tertiary alicyclic amines) is 1. The number of para-hydroxylation sites is 1. The number of urea groups is 1. The number of hydrogen-bond acceptors (Lipinski definition) is 4. The van der Waals surface area contributed by atoms with Crippen LogP contribution in [0.5, 0.6) is 11.5 Å². The average Bonchev–Trinajstić information content (AvgIpc) is 2.95. The molecule has 6 heteroatoms. The Morgan fingerprint density at radius 3 is 2.62 bits per heavy atom. The van der Waals surface area contributed by atoms with Crippen LogP contribution >= 0.6 is 0 Å². The lowest BCUT2D eigenvalue weighted by Crippen LogP contribution is -2.46. The first-order valence-corrected chi connectivity index (χ1v) is 8.84. The van der Waals surface area contributed by atoms with E-state index in [1.165, 1.54) is 5.56 Å². The molecule has 2 fully saturated rings. The van der Waals surface area contributed by atoms with Gasteiger partial charge in [-0.25, -0.2) is 4.79 Å². The molecule has 0 spiro atoms. The summed E-state index contributed by atoms with van der Waals surface area (Å²) in [7, 11) is 1.89. The molecule has 1 aromatic carbocycles. The first-order chi connectivity index (χ1) is 11.7. The zero-order valence-electron chi connectivity index (χ0n) is 14.2. The molecular formula is C18H25N3O3. The molecule has 2 amide bonds. The molecule has 3 heterocycles. The Balaban J connectivity index is 1.36. The zero-order chi connectivity index (χ0) is 16.5. The number of nitrogens with zero attached hydrogens (tertiary/aromatic N) is 3. The fraction of sp³-hybridized carbons (Fsp3) is 0.611. The quantitative estimate of drug-likeness (QED) is 0.847. The molecular weight excluding hydrogens is 306 g/mol. The molecule has 1 aromatic rings. The number of likely N-dealkylation sites (N-methyl/N-ethyl adjacent to an activating group) is 1. The molecule has 130 valence electrons. The van der Waals surface area contributed by atoms with Crippen LogP contribution in [0, 0.1) is 0 Å². The topological polar surface area (TPSA) is 45.2 Å². The molecule has 0 unspecified atom stereocenters. The highest BCUT2D eigenvalue weighted by Gasteiger charge is 2.33. The molecule has 0 bridgehead atoms. The molecule has 0 atom stereocenters. The third kappa shape index (κ3) is 2.90. The third-order valence-electron chi connectivity index (χ3n) is 5.29. The molecule has 24 heavy (non-hydrogen) atoms. The van der Waals surface area contributed by atoms with Crippen LogP contribution in [0.3, 0.4) is 0 Å². The van der Waals surface area contributed by atoms with Crippen LogP contribution in [0.4, 0.5) is 4.79 Å². The van der Waals surface area contributed by atoms with Gasteiger partial charge in [0.1, 0.15) is 13.2 Å². The molecule has 2 saturated heterocycles. The maximum absolute atomic E-state index is 12.1. The summed E-state index contributed by atoms with van der Waals surface area (Å²) < 4.78 is 11.5. The van der Waals surface area contributed by atoms with Crippen LogP contribution in [0.15, 0.2) is 18.2 Å². The number of benzene rings is 1. The van der Waals surface area contributed by atoms with Crippen LogP contribution in [0.25, 0.3) is 0 Å². The Hall–Kier alpha value is -1.95. The second-order valence-corrected chi connectivity index (χ2v) is 6.85. The molecule has 0 aromatic heterocycles. The van der Waals surface area contributed by atoms with Crippen molar-refractivity contribution in [3.63, 3.8) is 0 Å². The molecule has 3 aliphatic heterocycles. The Morgan fingerprint density at radius 1 is 1.08 bits per heavy atom. The smallest absolute Gasteiger partial charge is 0.320 e. The van der Waals surface area contributed by atoms with Crippen LogP contribution in [0.1, 0.15) is 18.4 Å². The lowest BCUT2D eigenvalue weighted by Gasteiger charge is -2.36. The van der Waals surface area contributed by atoms with E-state index >= 15 is 0 Å². The molecule has 3 aliphatic rings. The molecule has 4 rings (SSSR count). The minimum Gasteiger partial charge on any atom is -0.486 e. The minimum absolute atomic E-state index is 0.191. The first kappa shape index (κ1) is 15.6. The van der Waals surface area contributed by atoms with Crippen LogP contribution in [0.2, 0.25) is 0 Å². The van der Waals surface area contributed by atoms with Crippen molar-refractivity contribution in [2.75, 3.05) is 46.4 Å². The Bertz CT molecular complexity index is 614.